The van der Waals surface area contributed by atoms with E-state index in [-0.39, 0.29) is 5.54 Å². The predicted molar refractivity (Wildman–Crippen MR) is 85.9 cm³/mol. The van der Waals surface area contributed by atoms with Gasteiger partial charge in [0.25, 0.3) is 0 Å². The van der Waals surface area contributed by atoms with Crippen LogP contribution in [0.25, 0.3) is 0 Å². The second-order valence-corrected chi connectivity index (χ2v) is 6.64. The van der Waals surface area contributed by atoms with Gasteiger partial charge in [-0.05, 0) is 58.8 Å². The summed E-state index contributed by atoms with van der Waals surface area (Å²) in [6.07, 6.45) is 2.50. The van der Waals surface area contributed by atoms with Gasteiger partial charge in [-0.3, -0.25) is 4.90 Å². The Morgan fingerprint density at radius 2 is 1.95 bits per heavy atom. The first-order valence-electron chi connectivity index (χ1n) is 7.91. The summed E-state index contributed by atoms with van der Waals surface area (Å²) in [5.41, 5.74) is 1.37. The lowest BCUT2D eigenvalue weighted by Crippen LogP contribution is -2.35. The Balaban J connectivity index is 2.59. The first kappa shape index (κ1) is 17.3. The lowest BCUT2D eigenvalue weighted by molar-refractivity contribution is 0.247. The Bertz CT molecular complexity index is 390. The molecule has 0 atom stereocenters. The Hall–Kier alpha value is -0.800. The SMILES string of the molecule is CCCCN(CC)Cc1cc(C)c(CNC(C)(C)C)o1. The molecule has 0 aromatic carbocycles. The Morgan fingerprint density at radius 1 is 1.25 bits per heavy atom. The second kappa shape index (κ2) is 7.84. The maximum absolute atomic E-state index is 6.02. The summed E-state index contributed by atoms with van der Waals surface area (Å²) >= 11 is 0. The summed E-state index contributed by atoms with van der Waals surface area (Å²) in [5.74, 6) is 2.16. The topological polar surface area (TPSA) is 28.4 Å². The van der Waals surface area contributed by atoms with Gasteiger partial charge < -0.3 is 9.73 Å². The Morgan fingerprint density at radius 3 is 2.50 bits per heavy atom. The molecule has 0 saturated heterocycles. The molecule has 3 heteroatoms. The molecule has 0 aliphatic heterocycles. The molecule has 0 bridgehead atoms. The summed E-state index contributed by atoms with van der Waals surface area (Å²) in [4.78, 5) is 2.45. The average molecular weight is 280 g/mol. The highest BCUT2D eigenvalue weighted by molar-refractivity contribution is 5.20. The van der Waals surface area contributed by atoms with Crippen LogP contribution in [0.4, 0.5) is 0 Å². The molecule has 0 fully saturated rings. The normalized spacial score (nSPS) is 12.3. The van der Waals surface area contributed by atoms with Crippen molar-refractivity contribution in [2.24, 2.45) is 0 Å². The zero-order valence-corrected chi connectivity index (χ0v) is 14.2. The lowest BCUT2D eigenvalue weighted by atomic mass is 10.1. The quantitative estimate of drug-likeness (QED) is 0.777. The molecular formula is C17H32N2O. The van der Waals surface area contributed by atoms with E-state index < -0.39 is 0 Å². The maximum Gasteiger partial charge on any atom is 0.120 e. The second-order valence-electron chi connectivity index (χ2n) is 6.64. The fourth-order valence-electron chi connectivity index (χ4n) is 2.14. The Labute approximate surface area is 124 Å². The van der Waals surface area contributed by atoms with Gasteiger partial charge in [0.2, 0.25) is 0 Å². The van der Waals surface area contributed by atoms with E-state index in [1.54, 1.807) is 0 Å². The van der Waals surface area contributed by atoms with Gasteiger partial charge in [-0.15, -0.1) is 0 Å². The molecule has 0 saturated carbocycles. The van der Waals surface area contributed by atoms with Crippen LogP contribution in [0.3, 0.4) is 0 Å². The van der Waals surface area contributed by atoms with Gasteiger partial charge in [0.15, 0.2) is 0 Å². The van der Waals surface area contributed by atoms with Crippen molar-refractivity contribution < 1.29 is 4.42 Å². The maximum atomic E-state index is 6.02. The van der Waals surface area contributed by atoms with Crippen LogP contribution in [0.1, 0.15) is 64.5 Å². The third-order valence-corrected chi connectivity index (χ3v) is 3.51. The van der Waals surface area contributed by atoms with Crippen LogP contribution in [-0.4, -0.2) is 23.5 Å². The highest BCUT2D eigenvalue weighted by Gasteiger charge is 2.14. The standard InChI is InChI=1S/C17H32N2O/c1-7-9-10-19(8-2)13-15-11-14(3)16(20-15)12-18-17(4,5)6/h11,18H,7-10,12-13H2,1-6H3. The molecule has 0 unspecified atom stereocenters. The van der Waals surface area contributed by atoms with Crippen LogP contribution in [0.15, 0.2) is 10.5 Å². The van der Waals surface area contributed by atoms with Crippen molar-refractivity contribution in [3.05, 3.63) is 23.2 Å². The van der Waals surface area contributed by atoms with Crippen molar-refractivity contribution in [1.82, 2.24) is 10.2 Å². The highest BCUT2D eigenvalue weighted by Crippen LogP contribution is 2.17. The molecule has 0 spiro atoms. The first-order chi connectivity index (χ1) is 9.35. The molecule has 1 rings (SSSR count). The van der Waals surface area contributed by atoms with Gasteiger partial charge in [0, 0.05) is 5.54 Å². The van der Waals surface area contributed by atoms with E-state index in [0.717, 1.165) is 37.7 Å². The number of unbranched alkanes of at least 4 members (excludes halogenated alkanes) is 1. The zero-order chi connectivity index (χ0) is 15.2. The van der Waals surface area contributed by atoms with E-state index in [1.807, 2.05) is 0 Å². The van der Waals surface area contributed by atoms with Crippen LogP contribution >= 0.6 is 0 Å². The largest absolute Gasteiger partial charge is 0.463 e. The monoisotopic (exact) mass is 280 g/mol. The number of furan rings is 1. The van der Waals surface area contributed by atoms with Crippen molar-refractivity contribution in [2.75, 3.05) is 13.1 Å². The summed E-state index contributed by atoms with van der Waals surface area (Å²) in [6.45, 7) is 17.1. The third kappa shape index (κ3) is 6.10. The fraction of sp³-hybridized carbons (Fsp3) is 0.765. The number of hydrogen-bond donors (Lipinski definition) is 1. The van der Waals surface area contributed by atoms with Crippen LogP contribution < -0.4 is 5.32 Å². The molecule has 3 nitrogen and oxygen atoms in total. The smallest absolute Gasteiger partial charge is 0.120 e. The molecule has 0 aliphatic rings. The molecule has 20 heavy (non-hydrogen) atoms. The molecular weight excluding hydrogens is 248 g/mol. The molecule has 116 valence electrons. The fourth-order valence-corrected chi connectivity index (χ4v) is 2.14. The average Bonchev–Trinajstić information content (AvgIpc) is 2.71. The van der Waals surface area contributed by atoms with Gasteiger partial charge in [-0.25, -0.2) is 0 Å². The first-order valence-corrected chi connectivity index (χ1v) is 7.91. The van der Waals surface area contributed by atoms with E-state index in [1.165, 1.54) is 18.4 Å². The van der Waals surface area contributed by atoms with Crippen molar-refractivity contribution in [3.8, 4) is 0 Å². The summed E-state index contributed by atoms with van der Waals surface area (Å²) < 4.78 is 6.02. The van der Waals surface area contributed by atoms with Crippen molar-refractivity contribution >= 4 is 0 Å². The van der Waals surface area contributed by atoms with Gasteiger partial charge in [-0.2, -0.15) is 0 Å². The van der Waals surface area contributed by atoms with Crippen molar-refractivity contribution in [1.29, 1.82) is 0 Å². The third-order valence-electron chi connectivity index (χ3n) is 3.51. The van der Waals surface area contributed by atoms with Crippen LogP contribution in [0.5, 0.6) is 0 Å². The summed E-state index contributed by atoms with van der Waals surface area (Å²) in [5, 5.41) is 3.49. The molecule has 0 aliphatic carbocycles. The van der Waals surface area contributed by atoms with E-state index in [4.69, 9.17) is 4.42 Å². The highest BCUT2D eigenvalue weighted by atomic mass is 16.3. The van der Waals surface area contributed by atoms with Gasteiger partial charge in [0.05, 0.1) is 13.1 Å². The molecule has 0 amide bonds. The van der Waals surface area contributed by atoms with Crippen LogP contribution in [-0.2, 0) is 13.1 Å². The van der Waals surface area contributed by atoms with Gasteiger partial charge in [0.1, 0.15) is 11.5 Å². The van der Waals surface area contributed by atoms with Crippen molar-refractivity contribution in [2.45, 2.75) is 73.0 Å². The van der Waals surface area contributed by atoms with E-state index in [0.29, 0.717) is 0 Å². The van der Waals surface area contributed by atoms with Crippen molar-refractivity contribution in [3.63, 3.8) is 0 Å². The van der Waals surface area contributed by atoms with Crippen LogP contribution in [0.2, 0.25) is 0 Å². The zero-order valence-electron chi connectivity index (χ0n) is 14.2. The molecule has 1 aromatic rings. The van der Waals surface area contributed by atoms with Gasteiger partial charge >= 0.3 is 0 Å². The minimum Gasteiger partial charge on any atom is -0.463 e. The molecule has 1 heterocycles. The number of nitrogens with zero attached hydrogens (tertiary/aromatic N) is 1. The van der Waals surface area contributed by atoms with Crippen LogP contribution in [0, 0.1) is 6.92 Å². The number of rotatable bonds is 8. The molecule has 1 aromatic heterocycles. The van der Waals surface area contributed by atoms with Gasteiger partial charge in [-0.1, -0.05) is 20.3 Å². The van der Waals surface area contributed by atoms with E-state index in [9.17, 15) is 0 Å². The Kier molecular flexibility index (Phi) is 6.77. The number of aryl methyl sites for hydroxylation is 1. The lowest BCUT2D eigenvalue weighted by Gasteiger charge is -2.20. The molecule has 1 N–H and O–H groups in total. The minimum absolute atomic E-state index is 0.121. The summed E-state index contributed by atoms with van der Waals surface area (Å²) in [7, 11) is 0. The number of hydrogen-bond acceptors (Lipinski definition) is 3. The minimum atomic E-state index is 0.121. The summed E-state index contributed by atoms with van der Waals surface area (Å²) in [6, 6.07) is 2.19. The number of nitrogens with one attached hydrogen (secondary N) is 1. The van der Waals surface area contributed by atoms with E-state index >= 15 is 0 Å². The predicted octanol–water partition coefficient (Wildman–Crippen LogP) is 4.10. The van der Waals surface area contributed by atoms with E-state index in [2.05, 4.69) is 57.8 Å². The molecule has 0 radical (unpaired) electrons.